The minimum absolute atomic E-state index is 0.331. The van der Waals surface area contributed by atoms with E-state index >= 15 is 0 Å². The second-order valence-electron chi connectivity index (χ2n) is 3.79. The third-order valence-electron chi connectivity index (χ3n) is 2.26. The van der Waals surface area contributed by atoms with Gasteiger partial charge < -0.3 is 4.57 Å². The summed E-state index contributed by atoms with van der Waals surface area (Å²) in [6, 6.07) is 4.56. The largest absolute Gasteiger partial charge is 0.311 e. The van der Waals surface area contributed by atoms with Crippen molar-refractivity contribution >= 4 is 22.9 Å². The molecule has 0 saturated heterocycles. The number of nitrogens with zero attached hydrogens (tertiary/aromatic N) is 2. The first-order chi connectivity index (χ1) is 7.09. The van der Waals surface area contributed by atoms with Crippen molar-refractivity contribution < 1.29 is 0 Å². The molecule has 0 atom stereocenters. The van der Waals surface area contributed by atoms with Crippen LogP contribution in [0.3, 0.4) is 0 Å². The van der Waals surface area contributed by atoms with Crippen molar-refractivity contribution in [3.63, 3.8) is 0 Å². The number of rotatable bonds is 2. The maximum Gasteiger partial charge on any atom is 0.203 e. The molecule has 0 aromatic carbocycles. The molecule has 0 aliphatic rings. The van der Waals surface area contributed by atoms with Gasteiger partial charge in [0, 0.05) is 10.9 Å². The zero-order valence-electron chi connectivity index (χ0n) is 8.99. The highest BCUT2D eigenvalue weighted by molar-refractivity contribution is 7.15. The van der Waals surface area contributed by atoms with Gasteiger partial charge in [0.15, 0.2) is 0 Å². The van der Waals surface area contributed by atoms with Gasteiger partial charge in [-0.25, -0.2) is 4.98 Å². The predicted octanol–water partition coefficient (Wildman–Crippen LogP) is 4.15. The lowest BCUT2D eigenvalue weighted by Gasteiger charge is -2.11. The first kappa shape index (κ1) is 10.7. The molecule has 2 rings (SSSR count). The molecule has 4 heteroatoms. The van der Waals surface area contributed by atoms with E-state index in [2.05, 4.69) is 37.9 Å². The lowest BCUT2D eigenvalue weighted by atomic mass is 10.3. The molecule has 0 unspecified atom stereocenters. The Labute approximate surface area is 98.5 Å². The molecule has 2 heterocycles. The van der Waals surface area contributed by atoms with Crippen molar-refractivity contribution in [2.24, 2.45) is 0 Å². The number of halogens is 1. The van der Waals surface area contributed by atoms with Gasteiger partial charge in [0.05, 0.1) is 16.8 Å². The van der Waals surface area contributed by atoms with Crippen LogP contribution in [0.4, 0.5) is 0 Å². The molecule has 0 amide bonds. The zero-order chi connectivity index (χ0) is 11.0. The molecule has 2 aromatic rings. The van der Waals surface area contributed by atoms with Crippen LogP contribution in [0, 0.1) is 6.92 Å². The number of thiophene rings is 1. The second kappa shape index (κ2) is 3.99. The molecule has 15 heavy (non-hydrogen) atoms. The molecule has 0 N–H and O–H groups in total. The highest BCUT2D eigenvalue weighted by Crippen LogP contribution is 2.31. The maximum atomic E-state index is 6.05. The Hall–Kier alpha value is -0.800. The molecule has 0 radical (unpaired) electrons. The van der Waals surface area contributed by atoms with Crippen molar-refractivity contribution in [3.8, 4) is 10.6 Å². The van der Waals surface area contributed by atoms with E-state index in [0.717, 1.165) is 5.69 Å². The molecule has 0 bridgehead atoms. The molecule has 2 aromatic heterocycles. The summed E-state index contributed by atoms with van der Waals surface area (Å²) in [5, 5.41) is 0.561. The Kier molecular flexibility index (Phi) is 2.85. The summed E-state index contributed by atoms with van der Waals surface area (Å²) in [5.41, 5.74) is 1.10. The van der Waals surface area contributed by atoms with E-state index in [1.165, 1.54) is 9.75 Å². The van der Waals surface area contributed by atoms with Gasteiger partial charge in [0.1, 0.15) is 0 Å². The van der Waals surface area contributed by atoms with Crippen molar-refractivity contribution in [1.29, 1.82) is 0 Å². The Morgan fingerprint density at radius 1 is 1.40 bits per heavy atom. The lowest BCUT2D eigenvalue weighted by Crippen LogP contribution is -2.01. The molecule has 80 valence electrons. The number of hydrogen-bond acceptors (Lipinski definition) is 2. The van der Waals surface area contributed by atoms with E-state index in [0.29, 0.717) is 11.3 Å². The van der Waals surface area contributed by atoms with Crippen LogP contribution in [0.25, 0.3) is 10.6 Å². The summed E-state index contributed by atoms with van der Waals surface area (Å²) in [5.74, 6) is 0. The van der Waals surface area contributed by atoms with Crippen LogP contribution in [0.2, 0.25) is 5.28 Å². The van der Waals surface area contributed by atoms with Crippen LogP contribution >= 0.6 is 22.9 Å². The molecular formula is C11H13ClN2S. The van der Waals surface area contributed by atoms with Crippen molar-refractivity contribution in [3.05, 3.63) is 28.5 Å². The molecule has 0 aliphatic carbocycles. The average Bonchev–Trinajstić information content (AvgIpc) is 2.71. The van der Waals surface area contributed by atoms with Crippen molar-refractivity contribution in [2.45, 2.75) is 26.8 Å². The fourth-order valence-electron chi connectivity index (χ4n) is 1.58. The first-order valence-corrected chi connectivity index (χ1v) is 6.08. The smallest absolute Gasteiger partial charge is 0.203 e. The summed E-state index contributed by atoms with van der Waals surface area (Å²) in [6.45, 7) is 6.32. The number of aryl methyl sites for hydroxylation is 1. The van der Waals surface area contributed by atoms with E-state index in [9.17, 15) is 0 Å². The molecule has 0 saturated carbocycles. The predicted molar refractivity (Wildman–Crippen MR) is 65.7 cm³/mol. The summed E-state index contributed by atoms with van der Waals surface area (Å²) in [6.07, 6.45) is 1.84. The van der Waals surface area contributed by atoms with E-state index in [1.807, 2.05) is 10.8 Å². The minimum atomic E-state index is 0.331. The molecular weight excluding hydrogens is 228 g/mol. The molecule has 0 fully saturated rings. The van der Waals surface area contributed by atoms with Crippen LogP contribution in [0.15, 0.2) is 18.3 Å². The van der Waals surface area contributed by atoms with Gasteiger partial charge >= 0.3 is 0 Å². The molecule has 0 spiro atoms. The Morgan fingerprint density at radius 3 is 2.67 bits per heavy atom. The van der Waals surface area contributed by atoms with Crippen LogP contribution in [0.1, 0.15) is 24.8 Å². The van der Waals surface area contributed by atoms with Gasteiger partial charge in [-0.05, 0) is 44.5 Å². The quantitative estimate of drug-likeness (QED) is 0.771. The van der Waals surface area contributed by atoms with Crippen LogP contribution in [0.5, 0.6) is 0 Å². The van der Waals surface area contributed by atoms with Gasteiger partial charge in [-0.2, -0.15) is 0 Å². The monoisotopic (exact) mass is 240 g/mol. The molecule has 0 aliphatic heterocycles. The van der Waals surface area contributed by atoms with Gasteiger partial charge in [0.2, 0.25) is 5.28 Å². The van der Waals surface area contributed by atoms with Gasteiger partial charge in [-0.1, -0.05) is 0 Å². The van der Waals surface area contributed by atoms with Crippen LogP contribution in [-0.2, 0) is 0 Å². The highest BCUT2D eigenvalue weighted by atomic mass is 35.5. The summed E-state index contributed by atoms with van der Waals surface area (Å²) in [4.78, 5) is 6.68. The number of imidazole rings is 1. The van der Waals surface area contributed by atoms with E-state index in [1.54, 1.807) is 11.3 Å². The number of aromatic nitrogens is 2. The van der Waals surface area contributed by atoms with Crippen LogP contribution in [-0.4, -0.2) is 9.55 Å². The minimum Gasteiger partial charge on any atom is -0.311 e. The standard InChI is InChI=1S/C11H13ClN2S/c1-7(2)14-9(6-13-11(14)12)10-5-4-8(3)15-10/h4-7H,1-3H3. The topological polar surface area (TPSA) is 17.8 Å². The normalized spacial score (nSPS) is 11.3. The summed E-state index contributed by atoms with van der Waals surface area (Å²) in [7, 11) is 0. The summed E-state index contributed by atoms with van der Waals surface area (Å²) < 4.78 is 2.05. The Balaban J connectivity index is 2.53. The fourth-order valence-corrected chi connectivity index (χ4v) is 2.79. The number of hydrogen-bond donors (Lipinski definition) is 0. The third kappa shape index (κ3) is 1.94. The molecule has 2 nitrogen and oxygen atoms in total. The average molecular weight is 241 g/mol. The van der Waals surface area contributed by atoms with Gasteiger partial charge in [0.25, 0.3) is 0 Å². The van der Waals surface area contributed by atoms with E-state index in [-0.39, 0.29) is 0 Å². The second-order valence-corrected chi connectivity index (χ2v) is 5.41. The maximum absolute atomic E-state index is 6.05. The Morgan fingerprint density at radius 2 is 2.13 bits per heavy atom. The third-order valence-corrected chi connectivity index (χ3v) is 3.56. The summed E-state index contributed by atoms with van der Waals surface area (Å²) >= 11 is 7.82. The van der Waals surface area contributed by atoms with Crippen molar-refractivity contribution in [2.75, 3.05) is 0 Å². The zero-order valence-corrected chi connectivity index (χ0v) is 10.6. The van der Waals surface area contributed by atoms with Gasteiger partial charge in [-0.15, -0.1) is 11.3 Å². The van der Waals surface area contributed by atoms with Crippen molar-refractivity contribution in [1.82, 2.24) is 9.55 Å². The fraction of sp³-hybridized carbons (Fsp3) is 0.364. The van der Waals surface area contributed by atoms with Gasteiger partial charge in [-0.3, -0.25) is 0 Å². The lowest BCUT2D eigenvalue weighted by molar-refractivity contribution is 0.607. The first-order valence-electron chi connectivity index (χ1n) is 4.89. The van der Waals surface area contributed by atoms with E-state index < -0.39 is 0 Å². The SMILES string of the molecule is Cc1ccc(-c2cnc(Cl)n2C(C)C)s1. The Bertz CT molecular complexity index is 471. The van der Waals surface area contributed by atoms with Crippen LogP contribution < -0.4 is 0 Å². The van der Waals surface area contributed by atoms with E-state index in [4.69, 9.17) is 11.6 Å². The highest BCUT2D eigenvalue weighted by Gasteiger charge is 2.13.